The molecule has 1 fully saturated rings. The molecule has 0 aliphatic carbocycles. The number of nitrogen functional groups attached to an aromatic ring is 1. The first kappa shape index (κ1) is 18.6. The van der Waals surface area contributed by atoms with E-state index in [-0.39, 0.29) is 12.1 Å². The molecule has 1 aliphatic heterocycles. The molecule has 0 aromatic carbocycles. The van der Waals surface area contributed by atoms with E-state index in [0.29, 0.717) is 0 Å². The fourth-order valence-corrected chi connectivity index (χ4v) is 2.46. The van der Waals surface area contributed by atoms with Crippen molar-refractivity contribution in [3.8, 4) is 6.57 Å². The molecule has 1 aliphatic rings. The molecule has 4 atom stereocenters. The predicted octanol–water partition coefficient (Wildman–Crippen LogP) is -2.40. The summed E-state index contributed by atoms with van der Waals surface area (Å²) in [6, 6.07) is 0. The lowest BCUT2D eigenvalue weighted by Crippen LogP contribution is -2.51. The lowest BCUT2D eigenvalue weighted by molar-refractivity contribution is -0.148. The average Bonchev–Trinajstić information content (AvgIpc) is 2.78. The van der Waals surface area contributed by atoms with Gasteiger partial charge in [0, 0.05) is 19.2 Å². The second kappa shape index (κ2) is 7.21. The monoisotopic (exact) mass is 326 g/mol. The van der Waals surface area contributed by atoms with Crippen LogP contribution < -0.4 is 17.0 Å². The Balaban J connectivity index is 0.00000127. The number of H-pyrrole nitrogens is 1. The Labute approximate surface area is 130 Å². The molecule has 0 bridgehead atoms. The molecule has 1 aromatic rings. The fourth-order valence-electron chi connectivity index (χ4n) is 2.46. The molecular formula is C13H18N4O6. The minimum absolute atomic E-state index is 0.0485. The molecule has 10 nitrogen and oxygen atoms in total. The number of nitrogens with zero attached hydrogens (tertiary/aromatic N) is 2. The van der Waals surface area contributed by atoms with E-state index in [1.807, 2.05) is 4.98 Å². The zero-order chi connectivity index (χ0) is 17.8. The number of hydrogen-bond donors (Lipinski definition) is 5. The van der Waals surface area contributed by atoms with Crippen LogP contribution in [0.2, 0.25) is 0 Å². The maximum Gasteiger partial charge on any atom is 0.330 e. The highest BCUT2D eigenvalue weighted by atomic mass is 16.6. The van der Waals surface area contributed by atoms with Gasteiger partial charge in [-0.3, -0.25) is 14.3 Å². The van der Waals surface area contributed by atoms with Gasteiger partial charge in [0.15, 0.2) is 5.72 Å². The van der Waals surface area contributed by atoms with Crippen LogP contribution in [0, 0.1) is 11.8 Å². The quantitative estimate of drug-likeness (QED) is 0.380. The normalized spacial score (nSPS) is 29.5. The Morgan fingerprint density at radius 3 is 2.61 bits per heavy atom. The summed E-state index contributed by atoms with van der Waals surface area (Å²) >= 11 is 0. The van der Waals surface area contributed by atoms with Gasteiger partial charge in [-0.2, -0.15) is 0 Å². The van der Waals surface area contributed by atoms with Crippen LogP contribution in [0.15, 0.2) is 28.4 Å². The second-order valence-electron chi connectivity index (χ2n) is 4.83. The molecule has 2 heterocycles. The van der Waals surface area contributed by atoms with Crippen molar-refractivity contribution in [2.45, 2.75) is 30.5 Å². The van der Waals surface area contributed by atoms with Crippen LogP contribution in [0.3, 0.4) is 0 Å². The standard InChI is InChI=1S/C12H17N3O6.CHN/c1-2-3-12(9(18)8(17)7(5-16)21-12)15-4-6(13)10(19)14-11(15)20;1-2/h2,4,7-9,16-18H,1,3,5,13H2,(H,14,19,20);1H/t7-,8-,9-,12-;/m1./s1. The smallest absolute Gasteiger partial charge is 0.330 e. The van der Waals surface area contributed by atoms with Crippen LogP contribution in [0.5, 0.6) is 0 Å². The number of hydrogen-bond acceptors (Lipinski definition) is 8. The number of nitrogens with one attached hydrogen (secondary N) is 1. The van der Waals surface area contributed by atoms with Crippen molar-refractivity contribution in [2.75, 3.05) is 12.3 Å². The van der Waals surface area contributed by atoms with E-state index in [4.69, 9.17) is 15.7 Å². The Bertz CT molecular complexity index is 696. The summed E-state index contributed by atoms with van der Waals surface area (Å²) < 4.78 is 6.39. The molecule has 1 aromatic heterocycles. The van der Waals surface area contributed by atoms with E-state index in [9.17, 15) is 24.9 Å². The van der Waals surface area contributed by atoms with Crippen LogP contribution >= 0.6 is 0 Å². The van der Waals surface area contributed by atoms with E-state index in [0.717, 1.165) is 10.8 Å². The molecule has 0 radical (unpaired) electrons. The molecule has 6 N–H and O–H groups in total. The number of nitriles is 1. The Kier molecular flexibility index (Phi) is 5.83. The van der Waals surface area contributed by atoms with Gasteiger partial charge in [0.1, 0.15) is 24.0 Å². The van der Waals surface area contributed by atoms with E-state index >= 15 is 0 Å². The number of aromatic nitrogens is 2. The third kappa shape index (κ3) is 3.03. The molecular weight excluding hydrogens is 308 g/mol. The first-order chi connectivity index (χ1) is 10.9. The van der Waals surface area contributed by atoms with Crippen LogP contribution in [-0.4, -0.2) is 49.8 Å². The molecule has 1 saturated heterocycles. The SMILES string of the molecule is C#N.C=CC[C@@]1(n2cc(N)c(=O)[nH]c2=O)O[C@H](CO)[C@@H](O)[C@H]1O. The second-order valence-corrected chi connectivity index (χ2v) is 4.83. The van der Waals surface area contributed by atoms with Gasteiger partial charge in [-0.05, 0) is 0 Å². The zero-order valence-corrected chi connectivity index (χ0v) is 12.1. The summed E-state index contributed by atoms with van der Waals surface area (Å²) in [4.78, 5) is 25.3. The van der Waals surface area contributed by atoms with Gasteiger partial charge < -0.3 is 25.8 Å². The van der Waals surface area contributed by atoms with E-state index in [1.54, 1.807) is 0 Å². The third-order valence-electron chi connectivity index (χ3n) is 3.52. The number of rotatable bonds is 4. The van der Waals surface area contributed by atoms with Crippen molar-refractivity contribution in [3.63, 3.8) is 0 Å². The number of aliphatic hydroxyl groups excluding tert-OH is 3. The fraction of sp³-hybridized carbons (Fsp3) is 0.462. The van der Waals surface area contributed by atoms with Crippen molar-refractivity contribution in [2.24, 2.45) is 0 Å². The van der Waals surface area contributed by atoms with Crippen LogP contribution in [0.1, 0.15) is 6.42 Å². The molecule has 0 amide bonds. The third-order valence-corrected chi connectivity index (χ3v) is 3.52. The predicted molar refractivity (Wildman–Crippen MR) is 79.2 cm³/mol. The van der Waals surface area contributed by atoms with Crippen molar-refractivity contribution < 1.29 is 20.1 Å². The number of anilines is 1. The van der Waals surface area contributed by atoms with Gasteiger partial charge in [-0.15, -0.1) is 6.58 Å². The van der Waals surface area contributed by atoms with Crippen molar-refractivity contribution in [3.05, 3.63) is 39.7 Å². The maximum atomic E-state index is 12.0. The number of ether oxygens (including phenoxy) is 1. The Morgan fingerprint density at radius 1 is 1.52 bits per heavy atom. The van der Waals surface area contributed by atoms with Gasteiger partial charge in [0.05, 0.1) is 6.61 Å². The maximum absolute atomic E-state index is 12.0. The van der Waals surface area contributed by atoms with E-state index in [2.05, 4.69) is 13.2 Å². The highest BCUT2D eigenvalue weighted by molar-refractivity contribution is 5.31. The van der Waals surface area contributed by atoms with Crippen molar-refractivity contribution >= 4 is 5.69 Å². The molecule has 2 rings (SSSR count). The Hall–Kier alpha value is -2.45. The van der Waals surface area contributed by atoms with Crippen LogP contribution in [-0.2, 0) is 10.5 Å². The first-order valence-electron chi connectivity index (χ1n) is 6.51. The summed E-state index contributed by atoms with van der Waals surface area (Å²) in [5, 5.41) is 35.8. The van der Waals surface area contributed by atoms with Crippen molar-refractivity contribution in [1.29, 1.82) is 5.26 Å². The van der Waals surface area contributed by atoms with Gasteiger partial charge in [-0.1, -0.05) is 6.08 Å². The molecule has 0 unspecified atom stereocenters. The topological polar surface area (TPSA) is 175 Å². The highest BCUT2D eigenvalue weighted by Crippen LogP contribution is 2.37. The lowest BCUT2D eigenvalue weighted by atomic mass is 9.99. The van der Waals surface area contributed by atoms with E-state index in [1.165, 1.54) is 6.08 Å². The largest absolute Gasteiger partial charge is 0.394 e. The highest BCUT2D eigenvalue weighted by Gasteiger charge is 2.55. The molecule has 0 saturated carbocycles. The summed E-state index contributed by atoms with van der Waals surface area (Å²) in [5.74, 6) is 0. The average molecular weight is 326 g/mol. The number of nitrogens with two attached hydrogens (primary N) is 1. The summed E-state index contributed by atoms with van der Waals surface area (Å²) in [6.45, 7) is 6.47. The minimum atomic E-state index is -1.70. The zero-order valence-electron chi connectivity index (χ0n) is 12.1. The first-order valence-corrected chi connectivity index (χ1v) is 6.51. The van der Waals surface area contributed by atoms with Gasteiger partial charge in [0.2, 0.25) is 0 Å². The minimum Gasteiger partial charge on any atom is -0.394 e. The summed E-state index contributed by atoms with van der Waals surface area (Å²) in [6.07, 6.45) is -1.65. The molecule has 126 valence electrons. The number of aliphatic hydroxyl groups is 3. The van der Waals surface area contributed by atoms with Crippen LogP contribution in [0.4, 0.5) is 5.69 Å². The van der Waals surface area contributed by atoms with Gasteiger partial charge in [0.25, 0.3) is 5.56 Å². The van der Waals surface area contributed by atoms with Crippen molar-refractivity contribution in [1.82, 2.24) is 9.55 Å². The molecule has 23 heavy (non-hydrogen) atoms. The van der Waals surface area contributed by atoms with E-state index < -0.39 is 41.9 Å². The molecule has 10 heteroatoms. The van der Waals surface area contributed by atoms with Gasteiger partial charge in [-0.25, -0.2) is 10.1 Å². The Morgan fingerprint density at radius 2 is 2.13 bits per heavy atom. The lowest BCUT2D eigenvalue weighted by Gasteiger charge is -2.33. The number of aromatic amines is 1. The van der Waals surface area contributed by atoms with Crippen LogP contribution in [0.25, 0.3) is 0 Å². The summed E-state index contributed by atoms with van der Waals surface area (Å²) in [5.41, 5.74) is 1.90. The van der Waals surface area contributed by atoms with Gasteiger partial charge >= 0.3 is 5.69 Å². The summed E-state index contributed by atoms with van der Waals surface area (Å²) in [7, 11) is 0. The molecule has 0 spiro atoms.